The fraction of sp³-hybridized carbons (Fsp3) is 0.778. The summed E-state index contributed by atoms with van der Waals surface area (Å²) in [5.41, 5.74) is 1.61. The number of fused-ring (bicyclic) bond motifs is 3. The Morgan fingerprint density at radius 1 is 0.931 bits per heavy atom. The molecule has 2 saturated heterocycles. The molecule has 4 aliphatic rings. The molecule has 3 N–H and O–H groups in total. The largest absolute Gasteiger partial charge is 0.456 e. The van der Waals surface area contributed by atoms with Gasteiger partial charge in [-0.25, -0.2) is 4.79 Å². The Kier molecular flexibility index (Phi) is 17.5. The van der Waals surface area contributed by atoms with Crippen LogP contribution in [0.25, 0.3) is 0 Å². The van der Waals surface area contributed by atoms with Crippen LogP contribution < -0.4 is 0 Å². The van der Waals surface area contributed by atoms with Gasteiger partial charge in [0.2, 0.25) is 5.79 Å². The molecule has 58 heavy (non-hydrogen) atoms. The first-order chi connectivity index (χ1) is 27.4. The lowest BCUT2D eigenvalue weighted by atomic mass is 9.79. The summed E-state index contributed by atoms with van der Waals surface area (Å²) < 4.78 is 29.9. The van der Waals surface area contributed by atoms with E-state index >= 15 is 0 Å². The van der Waals surface area contributed by atoms with Crippen molar-refractivity contribution in [3.63, 3.8) is 0 Å². The summed E-state index contributed by atoms with van der Waals surface area (Å²) >= 11 is 0. The summed E-state index contributed by atoms with van der Waals surface area (Å²) in [7, 11) is 4.62. The highest BCUT2D eigenvalue weighted by molar-refractivity contribution is 6.39. The van der Waals surface area contributed by atoms with Gasteiger partial charge >= 0.3 is 5.97 Å². The molecule has 0 spiro atoms. The van der Waals surface area contributed by atoms with E-state index in [4.69, 9.17) is 23.7 Å². The predicted molar refractivity (Wildman–Crippen MR) is 217 cm³/mol. The Labute approximate surface area is 345 Å². The van der Waals surface area contributed by atoms with Crippen LogP contribution in [-0.4, -0.2) is 126 Å². The number of esters is 1. The summed E-state index contributed by atoms with van der Waals surface area (Å²) in [6.45, 7) is 15.2. The number of hydrogen-bond acceptors (Lipinski definition) is 12. The van der Waals surface area contributed by atoms with E-state index in [-0.39, 0.29) is 55.4 Å². The predicted octanol–water partition coefficient (Wildman–Crippen LogP) is 4.89. The zero-order chi connectivity index (χ0) is 43.1. The molecule has 13 nitrogen and oxygen atoms in total. The van der Waals surface area contributed by atoms with Gasteiger partial charge in [0.05, 0.1) is 30.5 Å². The molecule has 3 heterocycles. The first-order valence-electron chi connectivity index (χ1n) is 21.3. The lowest BCUT2D eigenvalue weighted by Crippen LogP contribution is -2.64. The molecule has 0 aromatic heterocycles. The minimum atomic E-state index is -2.52. The number of methoxy groups -OCH3 is 3. The van der Waals surface area contributed by atoms with Crippen molar-refractivity contribution in [2.75, 3.05) is 27.9 Å². The molecular formula is C45H71NO12. The Morgan fingerprint density at radius 2 is 1.59 bits per heavy atom. The number of piperidine rings is 1. The van der Waals surface area contributed by atoms with E-state index in [1.165, 1.54) is 19.1 Å². The van der Waals surface area contributed by atoms with Gasteiger partial charge < -0.3 is 43.9 Å². The number of carbonyl (C=O) groups is 4. The zero-order valence-corrected chi connectivity index (χ0v) is 36.3. The number of ketones is 2. The summed E-state index contributed by atoms with van der Waals surface area (Å²) in [6, 6.07) is -1.15. The van der Waals surface area contributed by atoms with Gasteiger partial charge in [-0.1, -0.05) is 51.5 Å². The second-order valence-electron chi connectivity index (χ2n) is 17.6. The van der Waals surface area contributed by atoms with Crippen LogP contribution >= 0.6 is 0 Å². The first kappa shape index (κ1) is 47.9. The van der Waals surface area contributed by atoms with E-state index < -0.39 is 83.9 Å². The highest BCUT2D eigenvalue weighted by Crippen LogP contribution is 2.40. The number of cyclic esters (lactones) is 1. The van der Waals surface area contributed by atoms with Gasteiger partial charge in [-0.05, 0) is 95.0 Å². The summed E-state index contributed by atoms with van der Waals surface area (Å²) in [5.74, 6) is -7.87. The van der Waals surface area contributed by atoms with Crippen LogP contribution in [0.15, 0.2) is 36.0 Å². The number of carbonyl (C=O) groups excluding carboxylic acids is 4. The third-order valence-electron chi connectivity index (χ3n) is 13.7. The minimum Gasteiger partial charge on any atom is -0.456 e. The van der Waals surface area contributed by atoms with Gasteiger partial charge in [0.15, 0.2) is 0 Å². The van der Waals surface area contributed by atoms with Crippen molar-refractivity contribution in [3.8, 4) is 0 Å². The van der Waals surface area contributed by atoms with Gasteiger partial charge in [0.25, 0.3) is 11.7 Å². The Morgan fingerprint density at radius 3 is 2.22 bits per heavy atom. The lowest BCUT2D eigenvalue weighted by molar-refractivity contribution is -0.302. The van der Waals surface area contributed by atoms with Gasteiger partial charge in [-0.2, -0.15) is 0 Å². The average molecular weight is 818 g/mol. The van der Waals surface area contributed by atoms with E-state index in [9.17, 15) is 34.5 Å². The van der Waals surface area contributed by atoms with Crippen molar-refractivity contribution in [3.05, 3.63) is 36.0 Å². The van der Waals surface area contributed by atoms with Crippen LogP contribution in [0.5, 0.6) is 0 Å². The molecule has 0 radical (unpaired) electrons. The zero-order valence-electron chi connectivity index (χ0n) is 36.3. The second kappa shape index (κ2) is 21.1. The maximum atomic E-state index is 14.3. The van der Waals surface area contributed by atoms with Crippen molar-refractivity contribution in [1.29, 1.82) is 0 Å². The van der Waals surface area contributed by atoms with Crippen LogP contribution in [0.1, 0.15) is 106 Å². The maximum Gasteiger partial charge on any atom is 0.329 e. The molecule has 3 fully saturated rings. The van der Waals surface area contributed by atoms with Crippen molar-refractivity contribution in [1.82, 2.24) is 4.90 Å². The third-order valence-corrected chi connectivity index (χ3v) is 13.7. The highest BCUT2D eigenvalue weighted by atomic mass is 16.7. The molecular weight excluding hydrogens is 746 g/mol. The monoisotopic (exact) mass is 817 g/mol. The number of amides is 1. The molecule has 15 atom stereocenters. The summed E-state index contributed by atoms with van der Waals surface area (Å²) in [6.07, 6.45) is 4.26. The third kappa shape index (κ3) is 10.9. The molecule has 1 amide bonds. The normalized spacial score (nSPS) is 40.9. The fourth-order valence-corrected chi connectivity index (χ4v) is 9.47. The molecule has 2 bridgehead atoms. The molecule has 3 aliphatic heterocycles. The fourth-order valence-electron chi connectivity index (χ4n) is 9.47. The van der Waals surface area contributed by atoms with Crippen LogP contribution in [0.2, 0.25) is 0 Å². The van der Waals surface area contributed by atoms with Crippen LogP contribution in [0.3, 0.4) is 0 Å². The number of aliphatic hydroxyl groups is 3. The van der Waals surface area contributed by atoms with E-state index in [0.717, 1.165) is 5.57 Å². The Balaban J connectivity index is 1.80. The highest BCUT2D eigenvalue weighted by Gasteiger charge is 2.56. The number of allylic oxidation sites excluding steroid dienone is 4. The number of Topliss-reactive ketones (excluding diaryl/α,β-unsaturated/α-hetero) is 2. The van der Waals surface area contributed by atoms with Gasteiger partial charge in [0, 0.05) is 52.0 Å². The SMILES string of the molecule is C=CCC1C=C(C)C(C)C(C)CC(OC)C2OC(O)(C(=O)C(=O)N3CCCCC3C(=O)OC(C(C)=CC3CCC(O)C(OC)C3)C(C)C(O)CC1=O)C(C)CC2OC. The van der Waals surface area contributed by atoms with E-state index in [1.54, 1.807) is 27.0 Å². The lowest BCUT2D eigenvalue weighted by Gasteiger charge is -2.47. The minimum absolute atomic E-state index is 0.0134. The van der Waals surface area contributed by atoms with Crippen LogP contribution in [-0.2, 0) is 42.9 Å². The molecule has 15 unspecified atom stereocenters. The molecule has 13 heteroatoms. The molecule has 4 rings (SSSR count). The van der Waals surface area contributed by atoms with Gasteiger partial charge in [0.1, 0.15) is 24.0 Å². The number of nitrogens with zero attached hydrogens (tertiary/aromatic N) is 1. The first-order valence-corrected chi connectivity index (χ1v) is 21.3. The van der Waals surface area contributed by atoms with Crippen LogP contribution in [0, 0.1) is 35.5 Å². The number of aliphatic hydroxyl groups excluding tert-OH is 2. The number of rotatable bonds is 7. The molecule has 1 aliphatic carbocycles. The Bertz CT molecular complexity index is 1510. The molecule has 1 saturated carbocycles. The van der Waals surface area contributed by atoms with Crippen LogP contribution in [0.4, 0.5) is 0 Å². The molecule has 0 aromatic carbocycles. The average Bonchev–Trinajstić information content (AvgIpc) is 3.21. The summed E-state index contributed by atoms with van der Waals surface area (Å²) in [5, 5.41) is 34.3. The van der Waals surface area contributed by atoms with Crippen molar-refractivity contribution in [2.24, 2.45) is 35.5 Å². The number of hydrogen-bond donors (Lipinski definition) is 3. The quantitative estimate of drug-likeness (QED) is 0.181. The van der Waals surface area contributed by atoms with E-state index in [2.05, 4.69) is 20.4 Å². The maximum absolute atomic E-state index is 14.3. The van der Waals surface area contributed by atoms with Crippen molar-refractivity contribution >= 4 is 23.4 Å². The van der Waals surface area contributed by atoms with Gasteiger partial charge in [-0.3, -0.25) is 14.4 Å². The van der Waals surface area contributed by atoms with E-state index in [0.29, 0.717) is 50.5 Å². The standard InChI is InChI=1S/C45H71NO12/c1-11-14-32-20-25(2)29(6)26(3)21-38(55-9)41-39(56-10)22-28(5)45(53,58-41)42(50)43(51)46-18-13-12-15-33(46)44(52)57-40(30(7)35(48)24-36(32)49)27(4)19-31-16-17-34(47)37(23-31)54-8/h11,19-20,26,28-35,37-41,47-48,53H,1,12-18,21-24H2,2-10H3. The molecule has 0 aromatic rings. The van der Waals surface area contributed by atoms with Gasteiger partial charge in [-0.15, -0.1) is 6.58 Å². The Hall–Kier alpha value is -2.78. The topological polar surface area (TPSA) is 178 Å². The smallest absolute Gasteiger partial charge is 0.329 e. The van der Waals surface area contributed by atoms with E-state index in [1.807, 2.05) is 26.0 Å². The van der Waals surface area contributed by atoms with Crippen molar-refractivity contribution in [2.45, 2.75) is 160 Å². The van der Waals surface area contributed by atoms with Crippen molar-refractivity contribution < 1.29 is 58.2 Å². The second-order valence-corrected chi connectivity index (χ2v) is 17.6. The molecule has 328 valence electrons. The summed E-state index contributed by atoms with van der Waals surface area (Å²) in [4.78, 5) is 58.1. The number of ether oxygens (including phenoxy) is 5.